The molecule has 0 heteroatoms. The summed E-state index contributed by atoms with van der Waals surface area (Å²) in [6.07, 6.45) is 10.1. The molecule has 116 valence electrons. The number of aryl methyl sites for hydroxylation is 2. The Morgan fingerprint density at radius 3 is 2.13 bits per heavy atom. The largest absolute Gasteiger partial charge is 0.103 e. The molecular weight excluding hydrogens is 276 g/mol. The van der Waals surface area contributed by atoms with Gasteiger partial charge in [-0.05, 0) is 54.4 Å². The molecule has 0 fully saturated rings. The number of fused-ring (bicyclic) bond motifs is 2. The first-order chi connectivity index (χ1) is 11.3. The topological polar surface area (TPSA) is 0 Å². The van der Waals surface area contributed by atoms with E-state index in [1.54, 1.807) is 0 Å². The molecule has 0 radical (unpaired) electrons. The van der Waals surface area contributed by atoms with Crippen molar-refractivity contribution in [1.29, 1.82) is 0 Å². The molecule has 4 rings (SSSR count). The standard InChI is InChI=1S/C23H24/c1-3-15-23(17-14-19-10-6-8-12-21(19)23)22(4-2)16-13-18-9-5-7-11-20(18)22/h3-12H,1-2,13-17H2. The van der Waals surface area contributed by atoms with E-state index < -0.39 is 0 Å². The van der Waals surface area contributed by atoms with Crippen LogP contribution in [0.5, 0.6) is 0 Å². The van der Waals surface area contributed by atoms with Crippen molar-refractivity contribution in [3.63, 3.8) is 0 Å². The van der Waals surface area contributed by atoms with Crippen molar-refractivity contribution >= 4 is 0 Å². The van der Waals surface area contributed by atoms with Gasteiger partial charge < -0.3 is 0 Å². The van der Waals surface area contributed by atoms with Gasteiger partial charge in [-0.15, -0.1) is 13.2 Å². The van der Waals surface area contributed by atoms with E-state index >= 15 is 0 Å². The fourth-order valence-electron chi connectivity index (χ4n) is 5.34. The van der Waals surface area contributed by atoms with Crippen LogP contribution in [-0.2, 0) is 23.7 Å². The highest BCUT2D eigenvalue weighted by Crippen LogP contribution is 2.59. The van der Waals surface area contributed by atoms with Crippen LogP contribution in [0.4, 0.5) is 0 Å². The van der Waals surface area contributed by atoms with E-state index in [9.17, 15) is 0 Å². The van der Waals surface area contributed by atoms with Gasteiger partial charge in [0, 0.05) is 10.8 Å². The zero-order chi connectivity index (χ0) is 15.9. The normalized spacial score (nSPS) is 28.2. The lowest BCUT2D eigenvalue weighted by Crippen LogP contribution is -2.45. The lowest BCUT2D eigenvalue weighted by molar-refractivity contribution is 0.262. The monoisotopic (exact) mass is 300 g/mol. The molecule has 0 aromatic heterocycles. The average Bonchev–Trinajstić information content (AvgIpc) is 3.16. The molecule has 2 aromatic carbocycles. The van der Waals surface area contributed by atoms with Crippen molar-refractivity contribution in [1.82, 2.24) is 0 Å². The molecule has 2 aromatic rings. The molecule has 0 saturated carbocycles. The maximum absolute atomic E-state index is 4.32. The molecule has 0 N–H and O–H groups in total. The van der Waals surface area contributed by atoms with Crippen LogP contribution in [0, 0.1) is 0 Å². The highest BCUT2D eigenvalue weighted by molar-refractivity contribution is 5.54. The lowest BCUT2D eigenvalue weighted by Gasteiger charge is -2.46. The minimum atomic E-state index is 0.0321. The van der Waals surface area contributed by atoms with Crippen LogP contribution >= 0.6 is 0 Å². The summed E-state index contributed by atoms with van der Waals surface area (Å²) >= 11 is 0. The highest BCUT2D eigenvalue weighted by Gasteiger charge is 2.55. The molecule has 0 spiro atoms. The molecule has 0 amide bonds. The van der Waals surface area contributed by atoms with Gasteiger partial charge in [0.25, 0.3) is 0 Å². The van der Waals surface area contributed by atoms with Crippen LogP contribution in [0.1, 0.15) is 41.5 Å². The molecule has 2 unspecified atom stereocenters. The van der Waals surface area contributed by atoms with Gasteiger partial charge in [0.05, 0.1) is 0 Å². The fraction of sp³-hybridized carbons (Fsp3) is 0.304. The third kappa shape index (κ3) is 1.78. The first-order valence-electron chi connectivity index (χ1n) is 8.69. The first-order valence-corrected chi connectivity index (χ1v) is 8.69. The molecular formula is C23H24. The number of hydrogen-bond acceptors (Lipinski definition) is 0. The Labute approximate surface area is 139 Å². The molecule has 2 atom stereocenters. The van der Waals surface area contributed by atoms with Gasteiger partial charge in [-0.3, -0.25) is 0 Å². The second kappa shape index (κ2) is 5.23. The molecule has 2 aliphatic carbocycles. The molecule has 0 aliphatic heterocycles. The molecule has 2 aliphatic rings. The summed E-state index contributed by atoms with van der Waals surface area (Å²) < 4.78 is 0. The Hall–Kier alpha value is -2.08. The molecule has 0 nitrogen and oxygen atoms in total. The van der Waals surface area contributed by atoms with Gasteiger partial charge in [0.2, 0.25) is 0 Å². The van der Waals surface area contributed by atoms with Crippen molar-refractivity contribution in [3.8, 4) is 0 Å². The van der Waals surface area contributed by atoms with Crippen LogP contribution in [0.25, 0.3) is 0 Å². The van der Waals surface area contributed by atoms with E-state index in [2.05, 4.69) is 73.8 Å². The van der Waals surface area contributed by atoms with Crippen LogP contribution in [0.2, 0.25) is 0 Å². The quantitative estimate of drug-likeness (QED) is 0.652. The van der Waals surface area contributed by atoms with Crippen LogP contribution in [0.15, 0.2) is 73.8 Å². The summed E-state index contributed by atoms with van der Waals surface area (Å²) in [5.74, 6) is 0. The van der Waals surface area contributed by atoms with E-state index in [1.807, 2.05) is 0 Å². The van der Waals surface area contributed by atoms with Gasteiger partial charge in [-0.1, -0.05) is 60.7 Å². The smallest absolute Gasteiger partial charge is 0.0235 e. The minimum absolute atomic E-state index is 0.0321. The SMILES string of the molecule is C=CCC1(C2(C=C)CCc3ccccc32)CCc2ccccc21. The van der Waals surface area contributed by atoms with E-state index in [0.29, 0.717) is 0 Å². The van der Waals surface area contributed by atoms with Gasteiger partial charge >= 0.3 is 0 Å². The second-order valence-corrected chi connectivity index (χ2v) is 7.06. The summed E-state index contributed by atoms with van der Waals surface area (Å²) in [6, 6.07) is 18.0. The predicted octanol–water partition coefficient (Wildman–Crippen LogP) is 5.52. The molecule has 0 bridgehead atoms. The number of hydrogen-bond donors (Lipinski definition) is 0. The summed E-state index contributed by atoms with van der Waals surface area (Å²) in [5, 5.41) is 0. The van der Waals surface area contributed by atoms with E-state index in [1.165, 1.54) is 35.1 Å². The third-order valence-corrected chi connectivity index (χ3v) is 6.34. The Morgan fingerprint density at radius 2 is 1.43 bits per heavy atom. The number of benzene rings is 2. The summed E-state index contributed by atoms with van der Waals surface area (Å²) in [5.41, 5.74) is 6.18. The predicted molar refractivity (Wildman–Crippen MR) is 97.9 cm³/mol. The molecule has 0 heterocycles. The summed E-state index contributed by atoms with van der Waals surface area (Å²) in [7, 11) is 0. The second-order valence-electron chi connectivity index (χ2n) is 7.06. The molecule has 0 saturated heterocycles. The third-order valence-electron chi connectivity index (χ3n) is 6.34. The Balaban J connectivity index is 1.99. The highest BCUT2D eigenvalue weighted by atomic mass is 14.6. The lowest BCUT2D eigenvalue weighted by atomic mass is 9.56. The van der Waals surface area contributed by atoms with E-state index in [4.69, 9.17) is 0 Å². The zero-order valence-electron chi connectivity index (χ0n) is 13.7. The van der Waals surface area contributed by atoms with E-state index in [-0.39, 0.29) is 10.8 Å². The van der Waals surface area contributed by atoms with Crippen LogP contribution in [-0.4, -0.2) is 0 Å². The zero-order valence-corrected chi connectivity index (χ0v) is 13.7. The van der Waals surface area contributed by atoms with E-state index in [0.717, 1.165) is 19.3 Å². The Bertz CT molecular complexity index is 769. The maximum atomic E-state index is 4.32. The summed E-state index contributed by atoms with van der Waals surface area (Å²) in [4.78, 5) is 0. The van der Waals surface area contributed by atoms with Gasteiger partial charge in [0.1, 0.15) is 0 Å². The van der Waals surface area contributed by atoms with Gasteiger partial charge in [-0.25, -0.2) is 0 Å². The first kappa shape index (κ1) is 14.5. The van der Waals surface area contributed by atoms with Crippen LogP contribution < -0.4 is 0 Å². The van der Waals surface area contributed by atoms with Crippen molar-refractivity contribution in [2.45, 2.75) is 42.9 Å². The summed E-state index contributed by atoms with van der Waals surface area (Å²) in [6.45, 7) is 8.42. The average molecular weight is 300 g/mol. The van der Waals surface area contributed by atoms with Crippen molar-refractivity contribution in [3.05, 3.63) is 96.1 Å². The van der Waals surface area contributed by atoms with Crippen molar-refractivity contribution in [2.75, 3.05) is 0 Å². The van der Waals surface area contributed by atoms with Gasteiger partial charge in [0.15, 0.2) is 0 Å². The fourth-order valence-corrected chi connectivity index (χ4v) is 5.34. The maximum Gasteiger partial charge on any atom is 0.0235 e. The minimum Gasteiger partial charge on any atom is -0.103 e. The van der Waals surface area contributed by atoms with Crippen molar-refractivity contribution in [2.24, 2.45) is 0 Å². The Morgan fingerprint density at radius 1 is 0.826 bits per heavy atom. The Kier molecular flexibility index (Phi) is 3.30. The molecule has 23 heavy (non-hydrogen) atoms. The number of rotatable bonds is 4. The van der Waals surface area contributed by atoms with Gasteiger partial charge in [-0.2, -0.15) is 0 Å². The van der Waals surface area contributed by atoms with Crippen molar-refractivity contribution < 1.29 is 0 Å². The van der Waals surface area contributed by atoms with Crippen LogP contribution in [0.3, 0.4) is 0 Å². The number of allylic oxidation sites excluding steroid dienone is 2.